The number of amides is 1. The van der Waals surface area contributed by atoms with Gasteiger partial charge in [-0.25, -0.2) is 4.98 Å². The molecule has 0 N–H and O–H groups in total. The summed E-state index contributed by atoms with van der Waals surface area (Å²) in [5.41, 5.74) is 5.10. The molecule has 0 aliphatic rings. The standard InChI is InChI=1S/C24H31N3O2/c1-6-19-12-10-11-18(5)23(19)27(16-29-7-2)22(28)15-26-21-14-9-8-13-20(21)25-24(26)17(3)4/h8-14,17H,6-7,15-16H2,1-5H3. The molecule has 5 nitrogen and oxygen atoms in total. The van der Waals surface area contributed by atoms with E-state index in [-0.39, 0.29) is 25.1 Å². The summed E-state index contributed by atoms with van der Waals surface area (Å²) < 4.78 is 7.74. The molecular weight excluding hydrogens is 362 g/mol. The van der Waals surface area contributed by atoms with E-state index >= 15 is 0 Å². The average molecular weight is 394 g/mol. The molecule has 1 amide bonds. The Morgan fingerprint density at radius 3 is 2.59 bits per heavy atom. The van der Waals surface area contributed by atoms with E-state index in [0.717, 1.165) is 40.1 Å². The molecule has 1 heterocycles. The fourth-order valence-electron chi connectivity index (χ4n) is 3.76. The number of aromatic nitrogens is 2. The molecule has 154 valence electrons. The summed E-state index contributed by atoms with van der Waals surface area (Å²) in [7, 11) is 0. The zero-order valence-electron chi connectivity index (χ0n) is 18.1. The van der Waals surface area contributed by atoms with Crippen LogP contribution in [0.5, 0.6) is 0 Å². The number of para-hydroxylation sites is 3. The summed E-state index contributed by atoms with van der Waals surface area (Å²) in [5.74, 6) is 1.16. The number of benzene rings is 2. The molecular formula is C24H31N3O2. The molecule has 0 unspecified atom stereocenters. The molecule has 0 saturated heterocycles. The molecule has 0 atom stereocenters. The van der Waals surface area contributed by atoms with Crippen LogP contribution in [0.2, 0.25) is 0 Å². The third-order valence-electron chi connectivity index (χ3n) is 5.19. The van der Waals surface area contributed by atoms with Crippen molar-refractivity contribution in [3.8, 4) is 0 Å². The summed E-state index contributed by atoms with van der Waals surface area (Å²) in [6.07, 6.45) is 0.859. The fourth-order valence-corrected chi connectivity index (χ4v) is 3.76. The molecule has 0 fully saturated rings. The molecule has 5 heteroatoms. The quantitative estimate of drug-likeness (QED) is 0.503. The molecule has 0 bridgehead atoms. The Bertz CT molecular complexity index is 991. The third kappa shape index (κ3) is 4.35. The predicted octanol–water partition coefficient (Wildman–Crippen LogP) is 5.06. The Kier molecular flexibility index (Phi) is 6.70. The summed E-state index contributed by atoms with van der Waals surface area (Å²) >= 11 is 0. The molecule has 0 aliphatic carbocycles. The van der Waals surface area contributed by atoms with Crippen molar-refractivity contribution >= 4 is 22.6 Å². The van der Waals surface area contributed by atoms with Gasteiger partial charge in [-0.3, -0.25) is 9.69 Å². The monoisotopic (exact) mass is 393 g/mol. The smallest absolute Gasteiger partial charge is 0.248 e. The number of carbonyl (C=O) groups excluding carboxylic acids is 1. The maximum atomic E-state index is 13.6. The van der Waals surface area contributed by atoms with E-state index in [9.17, 15) is 4.79 Å². The molecule has 0 radical (unpaired) electrons. The van der Waals surface area contributed by atoms with Gasteiger partial charge in [-0.2, -0.15) is 0 Å². The summed E-state index contributed by atoms with van der Waals surface area (Å²) in [6, 6.07) is 14.2. The van der Waals surface area contributed by atoms with Gasteiger partial charge in [-0.1, -0.05) is 51.1 Å². The third-order valence-corrected chi connectivity index (χ3v) is 5.19. The second-order valence-electron chi connectivity index (χ2n) is 7.58. The topological polar surface area (TPSA) is 47.4 Å². The molecule has 29 heavy (non-hydrogen) atoms. The van der Waals surface area contributed by atoms with Crippen molar-refractivity contribution in [1.82, 2.24) is 9.55 Å². The number of hydrogen-bond acceptors (Lipinski definition) is 3. The molecule has 0 saturated carbocycles. The summed E-state index contributed by atoms with van der Waals surface area (Å²) in [4.78, 5) is 20.1. The highest BCUT2D eigenvalue weighted by atomic mass is 16.5. The number of nitrogens with zero attached hydrogens (tertiary/aromatic N) is 3. The number of rotatable bonds is 8. The lowest BCUT2D eigenvalue weighted by Crippen LogP contribution is -2.37. The van der Waals surface area contributed by atoms with Gasteiger partial charge in [0.1, 0.15) is 19.1 Å². The lowest BCUT2D eigenvalue weighted by Gasteiger charge is -2.27. The first-order valence-corrected chi connectivity index (χ1v) is 10.4. The lowest BCUT2D eigenvalue weighted by atomic mass is 10.0. The zero-order chi connectivity index (χ0) is 21.0. The van der Waals surface area contributed by atoms with Gasteiger partial charge in [0, 0.05) is 12.5 Å². The summed E-state index contributed by atoms with van der Waals surface area (Å²) in [5, 5.41) is 0. The normalized spacial score (nSPS) is 11.4. The summed E-state index contributed by atoms with van der Waals surface area (Å²) in [6.45, 7) is 11.4. The molecule has 2 aromatic carbocycles. The number of fused-ring (bicyclic) bond motifs is 1. The lowest BCUT2D eigenvalue weighted by molar-refractivity contribution is -0.120. The number of carbonyl (C=O) groups is 1. The van der Waals surface area contributed by atoms with E-state index < -0.39 is 0 Å². The predicted molar refractivity (Wildman–Crippen MR) is 118 cm³/mol. The van der Waals surface area contributed by atoms with Crippen LogP contribution in [-0.4, -0.2) is 28.8 Å². The van der Waals surface area contributed by atoms with E-state index in [1.165, 1.54) is 0 Å². The van der Waals surface area contributed by atoms with Crippen LogP contribution in [0.3, 0.4) is 0 Å². The van der Waals surface area contributed by atoms with Crippen molar-refractivity contribution in [1.29, 1.82) is 0 Å². The number of aryl methyl sites for hydroxylation is 2. The Balaban J connectivity index is 2.03. The SMILES string of the molecule is CCOCN(C(=O)Cn1c(C(C)C)nc2ccccc21)c1c(C)cccc1CC. The first-order valence-electron chi connectivity index (χ1n) is 10.4. The molecule has 3 aromatic rings. The first-order chi connectivity index (χ1) is 14.0. The van der Waals surface area contributed by atoms with Crippen LogP contribution >= 0.6 is 0 Å². The minimum absolute atomic E-state index is 0.00695. The Labute approximate surface area is 173 Å². The highest BCUT2D eigenvalue weighted by Crippen LogP contribution is 2.28. The van der Waals surface area contributed by atoms with Crippen LogP contribution in [0, 0.1) is 6.92 Å². The highest BCUT2D eigenvalue weighted by molar-refractivity contribution is 5.95. The number of ether oxygens (including phenoxy) is 1. The first kappa shape index (κ1) is 21.1. The minimum atomic E-state index is 0.00695. The highest BCUT2D eigenvalue weighted by Gasteiger charge is 2.23. The molecule has 0 aliphatic heterocycles. The van der Waals surface area contributed by atoms with Gasteiger partial charge in [-0.15, -0.1) is 0 Å². The van der Waals surface area contributed by atoms with Crippen molar-refractivity contribution in [3.63, 3.8) is 0 Å². The van der Waals surface area contributed by atoms with Crippen LogP contribution in [-0.2, 0) is 22.5 Å². The Morgan fingerprint density at radius 1 is 1.14 bits per heavy atom. The van der Waals surface area contributed by atoms with Crippen molar-refractivity contribution < 1.29 is 9.53 Å². The van der Waals surface area contributed by atoms with Crippen molar-refractivity contribution in [2.45, 2.75) is 53.5 Å². The van der Waals surface area contributed by atoms with Gasteiger partial charge in [0.15, 0.2) is 0 Å². The van der Waals surface area contributed by atoms with E-state index in [0.29, 0.717) is 6.61 Å². The van der Waals surface area contributed by atoms with E-state index in [1.54, 1.807) is 4.90 Å². The van der Waals surface area contributed by atoms with Gasteiger partial charge in [0.2, 0.25) is 5.91 Å². The zero-order valence-corrected chi connectivity index (χ0v) is 18.1. The second-order valence-corrected chi connectivity index (χ2v) is 7.58. The van der Waals surface area contributed by atoms with E-state index in [2.05, 4.69) is 26.8 Å². The second kappa shape index (κ2) is 9.23. The number of anilines is 1. The molecule has 0 spiro atoms. The van der Waals surface area contributed by atoms with Crippen molar-refractivity contribution in [3.05, 3.63) is 59.4 Å². The molecule has 1 aromatic heterocycles. The van der Waals surface area contributed by atoms with E-state index in [1.807, 2.05) is 54.8 Å². The maximum Gasteiger partial charge on any atom is 0.248 e. The maximum absolute atomic E-state index is 13.6. The van der Waals surface area contributed by atoms with Crippen LogP contribution in [0.25, 0.3) is 11.0 Å². The van der Waals surface area contributed by atoms with Crippen molar-refractivity contribution in [2.75, 3.05) is 18.2 Å². The van der Waals surface area contributed by atoms with Crippen LogP contribution < -0.4 is 4.90 Å². The van der Waals surface area contributed by atoms with Crippen LogP contribution in [0.4, 0.5) is 5.69 Å². The van der Waals surface area contributed by atoms with Gasteiger partial charge < -0.3 is 9.30 Å². The fraction of sp³-hybridized carbons (Fsp3) is 0.417. The van der Waals surface area contributed by atoms with E-state index in [4.69, 9.17) is 9.72 Å². The Morgan fingerprint density at radius 2 is 1.90 bits per heavy atom. The minimum Gasteiger partial charge on any atom is -0.361 e. The van der Waals surface area contributed by atoms with Gasteiger partial charge in [-0.05, 0) is 43.5 Å². The average Bonchev–Trinajstić information content (AvgIpc) is 3.08. The van der Waals surface area contributed by atoms with Gasteiger partial charge >= 0.3 is 0 Å². The van der Waals surface area contributed by atoms with Gasteiger partial charge in [0.05, 0.1) is 16.7 Å². The van der Waals surface area contributed by atoms with Crippen LogP contribution in [0.1, 0.15) is 50.6 Å². The van der Waals surface area contributed by atoms with Gasteiger partial charge in [0.25, 0.3) is 0 Å². The Hall–Kier alpha value is -2.66. The molecule has 3 rings (SSSR count). The number of imidazole rings is 1. The van der Waals surface area contributed by atoms with Crippen molar-refractivity contribution in [2.24, 2.45) is 0 Å². The number of hydrogen-bond donors (Lipinski definition) is 0. The largest absolute Gasteiger partial charge is 0.361 e. The van der Waals surface area contributed by atoms with Crippen LogP contribution in [0.15, 0.2) is 42.5 Å².